The van der Waals surface area contributed by atoms with Gasteiger partial charge in [-0.3, -0.25) is 0 Å². The largest absolute Gasteiger partial charge is 0.349 e. The van der Waals surface area contributed by atoms with Gasteiger partial charge < -0.3 is 9.47 Å². The van der Waals surface area contributed by atoms with Crippen molar-refractivity contribution in [2.24, 2.45) is 5.16 Å². The van der Waals surface area contributed by atoms with Gasteiger partial charge in [0.25, 0.3) is 0 Å². The number of hydrogen-bond acceptors (Lipinski definition) is 3. The highest BCUT2D eigenvalue weighted by Gasteiger charge is 2.06. The summed E-state index contributed by atoms with van der Waals surface area (Å²) >= 11 is 0. The van der Waals surface area contributed by atoms with E-state index in [-0.39, 0.29) is 6.79 Å². The topological polar surface area (TPSA) is 50.7 Å². The number of ether oxygens (including phenoxy) is 2. The van der Waals surface area contributed by atoms with E-state index in [0.717, 1.165) is 0 Å². The monoisotopic (exact) mass is 116 g/mol. The maximum atomic E-state index is 9.71. The van der Waals surface area contributed by atoms with Crippen LogP contribution in [-0.4, -0.2) is 25.7 Å². The Hall–Kier alpha value is -0.610. The van der Waals surface area contributed by atoms with Crippen LogP contribution in [0.3, 0.4) is 0 Å². The average molecular weight is 116 g/mol. The van der Waals surface area contributed by atoms with E-state index in [1.807, 2.05) is 0 Å². The molecule has 0 N–H and O–H groups in total. The summed E-state index contributed by atoms with van der Waals surface area (Å²) in [5.74, 6) is 0. The summed E-state index contributed by atoms with van der Waals surface area (Å²) in [5.41, 5.74) is 0.427. The Bertz CT molecular complexity index is 93.5. The second kappa shape index (κ2) is 2.64. The van der Waals surface area contributed by atoms with E-state index in [4.69, 9.17) is 9.47 Å². The maximum Gasteiger partial charge on any atom is 0.147 e. The van der Waals surface area contributed by atoms with Crippen molar-refractivity contribution in [1.29, 1.82) is 0 Å². The van der Waals surface area contributed by atoms with Crippen LogP contribution in [0.15, 0.2) is 5.16 Å². The minimum atomic E-state index is 0.277. The molecule has 1 aliphatic heterocycles. The molecule has 1 radical (unpaired) electrons. The van der Waals surface area contributed by atoms with Crippen LogP contribution < -0.4 is 0 Å². The van der Waals surface area contributed by atoms with Gasteiger partial charge in [-0.25, -0.2) is 0 Å². The summed E-state index contributed by atoms with van der Waals surface area (Å²) in [7, 11) is 0. The quantitative estimate of drug-likeness (QED) is 0.411. The van der Waals surface area contributed by atoms with Crippen molar-refractivity contribution in [1.82, 2.24) is 0 Å². The van der Waals surface area contributed by atoms with Crippen LogP contribution in [0, 0.1) is 0 Å². The van der Waals surface area contributed by atoms with Crippen LogP contribution in [0.2, 0.25) is 0 Å². The van der Waals surface area contributed by atoms with E-state index in [1.165, 1.54) is 0 Å². The van der Waals surface area contributed by atoms with Crippen molar-refractivity contribution in [2.45, 2.75) is 0 Å². The van der Waals surface area contributed by atoms with Gasteiger partial charge in [-0.15, -0.1) is 5.21 Å². The molecule has 1 aliphatic rings. The van der Waals surface area contributed by atoms with Gasteiger partial charge in [0.15, 0.2) is 0 Å². The van der Waals surface area contributed by atoms with Gasteiger partial charge in [0.05, 0.1) is 13.2 Å². The van der Waals surface area contributed by atoms with Gasteiger partial charge >= 0.3 is 0 Å². The summed E-state index contributed by atoms with van der Waals surface area (Å²) in [5, 5.41) is 12.4. The zero-order valence-electron chi connectivity index (χ0n) is 4.29. The predicted molar refractivity (Wildman–Crippen MR) is 24.9 cm³/mol. The summed E-state index contributed by atoms with van der Waals surface area (Å²) in [6.07, 6.45) is 0. The highest BCUT2D eigenvalue weighted by atomic mass is 16.7. The lowest BCUT2D eigenvalue weighted by molar-refractivity contribution is -0.0496. The fourth-order valence-corrected chi connectivity index (χ4v) is 0.472. The summed E-state index contributed by atoms with van der Waals surface area (Å²) in [6.45, 7) is 0.923. The molecule has 45 valence electrons. The molecule has 8 heavy (non-hydrogen) atoms. The molecule has 0 unspecified atom stereocenters. The lowest BCUT2D eigenvalue weighted by Crippen LogP contribution is -2.23. The summed E-state index contributed by atoms with van der Waals surface area (Å²) < 4.78 is 9.44. The molecular formula is C4H6NO3. The van der Waals surface area contributed by atoms with Crippen LogP contribution in [0.5, 0.6) is 0 Å². The van der Waals surface area contributed by atoms with Crippen molar-refractivity contribution in [3.8, 4) is 0 Å². The van der Waals surface area contributed by atoms with E-state index in [2.05, 4.69) is 5.16 Å². The normalized spacial score (nSPS) is 20.8. The van der Waals surface area contributed by atoms with Crippen molar-refractivity contribution in [2.75, 3.05) is 20.0 Å². The third kappa shape index (κ3) is 1.18. The minimum absolute atomic E-state index is 0.277. The fraction of sp³-hybridized carbons (Fsp3) is 0.750. The summed E-state index contributed by atoms with van der Waals surface area (Å²) in [6, 6.07) is 0. The molecule has 1 fully saturated rings. The number of nitrogens with zero attached hydrogens (tertiary/aromatic N) is 1. The van der Waals surface area contributed by atoms with Gasteiger partial charge in [0.2, 0.25) is 0 Å². The summed E-state index contributed by atoms with van der Waals surface area (Å²) in [4.78, 5) is 0. The maximum absolute atomic E-state index is 9.71. The van der Waals surface area contributed by atoms with E-state index >= 15 is 0 Å². The van der Waals surface area contributed by atoms with Crippen LogP contribution in [0.1, 0.15) is 0 Å². The zero-order chi connectivity index (χ0) is 5.82. The Morgan fingerprint density at radius 2 is 2.00 bits per heavy atom. The van der Waals surface area contributed by atoms with E-state index in [1.54, 1.807) is 0 Å². The van der Waals surface area contributed by atoms with Crippen LogP contribution in [-0.2, 0) is 14.7 Å². The Labute approximate surface area is 46.7 Å². The van der Waals surface area contributed by atoms with Gasteiger partial charge in [-0.1, -0.05) is 0 Å². The molecule has 0 aromatic heterocycles. The molecule has 0 aromatic carbocycles. The van der Waals surface area contributed by atoms with Gasteiger partial charge in [0, 0.05) is 0 Å². The zero-order valence-corrected chi connectivity index (χ0v) is 4.29. The Morgan fingerprint density at radius 1 is 1.38 bits per heavy atom. The van der Waals surface area contributed by atoms with Gasteiger partial charge in [0.1, 0.15) is 12.5 Å². The van der Waals surface area contributed by atoms with Gasteiger partial charge in [-0.05, 0) is 5.16 Å². The smallest absolute Gasteiger partial charge is 0.147 e. The van der Waals surface area contributed by atoms with Crippen molar-refractivity contribution >= 4 is 5.71 Å². The highest BCUT2D eigenvalue weighted by Crippen LogP contribution is 1.91. The first-order valence-corrected chi connectivity index (χ1v) is 2.27. The third-order valence-corrected chi connectivity index (χ3v) is 0.833. The molecule has 0 aromatic rings. The van der Waals surface area contributed by atoms with Gasteiger partial charge in [-0.2, -0.15) is 0 Å². The first kappa shape index (κ1) is 5.53. The molecule has 4 nitrogen and oxygen atoms in total. The standard InChI is InChI=1S/C4H6NO3/c6-5-4-1-7-3-8-2-4/h1-3H2. The van der Waals surface area contributed by atoms with E-state index in [9.17, 15) is 5.21 Å². The number of hydrogen-bond donors (Lipinski definition) is 0. The van der Waals surface area contributed by atoms with Crippen molar-refractivity contribution in [3.63, 3.8) is 0 Å². The Kier molecular flexibility index (Phi) is 1.82. The molecule has 1 rings (SSSR count). The predicted octanol–water partition coefficient (Wildman–Crippen LogP) is -0.223. The van der Waals surface area contributed by atoms with Crippen LogP contribution in [0.4, 0.5) is 0 Å². The van der Waals surface area contributed by atoms with E-state index in [0.29, 0.717) is 18.9 Å². The second-order valence-electron chi connectivity index (χ2n) is 1.47. The Balaban J connectivity index is 2.33. The first-order valence-electron chi connectivity index (χ1n) is 2.27. The average Bonchev–Trinajstić information content (AvgIpc) is 1.90. The lowest BCUT2D eigenvalue weighted by Gasteiger charge is -2.11. The molecule has 4 heteroatoms. The lowest BCUT2D eigenvalue weighted by atomic mass is 10.4. The van der Waals surface area contributed by atoms with Crippen LogP contribution in [0.25, 0.3) is 0 Å². The van der Waals surface area contributed by atoms with Crippen LogP contribution >= 0.6 is 0 Å². The highest BCUT2D eigenvalue weighted by molar-refractivity contribution is 5.86. The molecule has 0 amide bonds. The molecule has 0 atom stereocenters. The molecule has 1 heterocycles. The second-order valence-corrected chi connectivity index (χ2v) is 1.47. The third-order valence-electron chi connectivity index (χ3n) is 0.833. The van der Waals surface area contributed by atoms with Crippen molar-refractivity contribution < 1.29 is 14.7 Å². The van der Waals surface area contributed by atoms with Crippen molar-refractivity contribution in [3.05, 3.63) is 0 Å². The molecule has 0 aliphatic carbocycles. The molecule has 0 bridgehead atoms. The SMILES string of the molecule is [O]N=C1COCOC1. The minimum Gasteiger partial charge on any atom is -0.349 e. The molecule has 1 saturated heterocycles. The number of rotatable bonds is 0. The molecular weight excluding hydrogens is 110 g/mol. The molecule has 0 saturated carbocycles. The fourth-order valence-electron chi connectivity index (χ4n) is 0.472. The first-order chi connectivity index (χ1) is 3.93. The molecule has 0 spiro atoms. The van der Waals surface area contributed by atoms with E-state index < -0.39 is 0 Å². The Morgan fingerprint density at radius 3 is 2.38 bits per heavy atom.